The average Bonchev–Trinajstić information content (AvgIpc) is 2.88. The van der Waals surface area contributed by atoms with Crippen LogP contribution in [0.3, 0.4) is 0 Å². The zero-order valence-corrected chi connectivity index (χ0v) is 22.2. The summed E-state index contributed by atoms with van der Waals surface area (Å²) in [6, 6.07) is 11.8. The number of rotatable bonds is 7. The number of urea groups is 1. The van der Waals surface area contributed by atoms with Crippen LogP contribution >= 0.6 is 34.8 Å². The number of ether oxygens (including phenoxy) is 2. The molecule has 0 unspecified atom stereocenters. The molecule has 3 aromatic rings. The largest absolute Gasteiger partial charge is 0.508 e. The predicted molar refractivity (Wildman–Crippen MR) is 146 cm³/mol. The SMILES string of the molecule is COc1cc(/C=C2/C(=O)NC(=O)N(c3ccc(O)cc3)C2=O)cc(Cl)c1OCC(=O)Nc1ccc(Cl)c(Cl)c1. The molecule has 1 fully saturated rings. The maximum Gasteiger partial charge on any atom is 0.335 e. The van der Waals surface area contributed by atoms with Crippen molar-refractivity contribution in [3.8, 4) is 17.2 Å². The van der Waals surface area contributed by atoms with Gasteiger partial charge >= 0.3 is 6.03 Å². The van der Waals surface area contributed by atoms with Crippen LogP contribution < -0.4 is 25.0 Å². The van der Waals surface area contributed by atoms with E-state index in [0.717, 1.165) is 4.90 Å². The number of phenols is 1. The molecule has 10 nitrogen and oxygen atoms in total. The molecule has 0 aromatic heterocycles. The molecular weight excluding hydrogens is 573 g/mol. The van der Waals surface area contributed by atoms with Gasteiger partial charge in [0.1, 0.15) is 11.3 Å². The first kappa shape index (κ1) is 27.8. The molecule has 0 atom stereocenters. The van der Waals surface area contributed by atoms with Crippen LogP contribution in [0.25, 0.3) is 6.08 Å². The van der Waals surface area contributed by atoms with E-state index in [0.29, 0.717) is 10.7 Å². The minimum Gasteiger partial charge on any atom is -0.508 e. The van der Waals surface area contributed by atoms with Gasteiger partial charge in [-0.2, -0.15) is 0 Å². The first-order chi connectivity index (χ1) is 18.6. The summed E-state index contributed by atoms with van der Waals surface area (Å²) in [6.07, 6.45) is 1.23. The van der Waals surface area contributed by atoms with Crippen molar-refractivity contribution in [1.29, 1.82) is 0 Å². The number of aromatic hydroxyl groups is 1. The highest BCUT2D eigenvalue weighted by molar-refractivity contribution is 6.42. The molecule has 13 heteroatoms. The third-order valence-electron chi connectivity index (χ3n) is 5.32. The summed E-state index contributed by atoms with van der Waals surface area (Å²) in [6.45, 7) is -0.429. The summed E-state index contributed by atoms with van der Waals surface area (Å²) < 4.78 is 10.9. The Hall–Kier alpha value is -4.25. The molecule has 0 aliphatic carbocycles. The number of nitrogens with one attached hydrogen (secondary N) is 2. The normalized spacial score (nSPS) is 14.3. The van der Waals surface area contributed by atoms with Crippen LogP contribution in [0.5, 0.6) is 17.2 Å². The molecule has 200 valence electrons. The summed E-state index contributed by atoms with van der Waals surface area (Å²) in [4.78, 5) is 51.0. The van der Waals surface area contributed by atoms with E-state index >= 15 is 0 Å². The third-order valence-corrected chi connectivity index (χ3v) is 6.34. The number of barbiturate groups is 1. The second-order valence-electron chi connectivity index (χ2n) is 7.97. The van der Waals surface area contributed by atoms with Crippen molar-refractivity contribution in [2.75, 3.05) is 23.9 Å². The number of amides is 5. The van der Waals surface area contributed by atoms with Gasteiger partial charge in [-0.3, -0.25) is 19.7 Å². The van der Waals surface area contributed by atoms with Gasteiger partial charge in [0, 0.05) is 5.69 Å². The fourth-order valence-electron chi connectivity index (χ4n) is 3.53. The van der Waals surface area contributed by atoms with E-state index in [-0.39, 0.29) is 44.1 Å². The van der Waals surface area contributed by atoms with Crippen molar-refractivity contribution in [3.05, 3.63) is 80.8 Å². The minimum atomic E-state index is -0.939. The van der Waals surface area contributed by atoms with E-state index in [9.17, 15) is 24.3 Å². The highest BCUT2D eigenvalue weighted by Crippen LogP contribution is 2.37. The Morgan fingerprint density at radius 1 is 1.00 bits per heavy atom. The van der Waals surface area contributed by atoms with Gasteiger partial charge in [0.2, 0.25) is 0 Å². The van der Waals surface area contributed by atoms with E-state index in [2.05, 4.69) is 10.6 Å². The molecule has 0 radical (unpaired) electrons. The maximum absolute atomic E-state index is 13.1. The quantitative estimate of drug-likeness (QED) is 0.259. The molecule has 3 N–H and O–H groups in total. The number of halogens is 3. The Morgan fingerprint density at radius 3 is 2.38 bits per heavy atom. The van der Waals surface area contributed by atoms with Gasteiger partial charge in [-0.25, -0.2) is 9.69 Å². The molecule has 1 aliphatic rings. The maximum atomic E-state index is 13.1. The smallest absolute Gasteiger partial charge is 0.335 e. The number of carbonyl (C=O) groups excluding carboxylic acids is 4. The Balaban J connectivity index is 1.54. The summed E-state index contributed by atoms with van der Waals surface area (Å²) in [5.41, 5.74) is 0.485. The van der Waals surface area contributed by atoms with Crippen molar-refractivity contribution in [3.63, 3.8) is 0 Å². The van der Waals surface area contributed by atoms with Crippen molar-refractivity contribution >= 4 is 76.0 Å². The molecule has 0 spiro atoms. The number of hydrogen-bond acceptors (Lipinski definition) is 7. The summed E-state index contributed by atoms with van der Waals surface area (Å²) in [5, 5.41) is 14.8. The molecule has 5 amide bonds. The Kier molecular flexibility index (Phi) is 8.29. The number of nitrogens with zero attached hydrogens (tertiary/aromatic N) is 1. The lowest BCUT2D eigenvalue weighted by Crippen LogP contribution is -2.54. The van der Waals surface area contributed by atoms with Crippen LogP contribution in [0, 0.1) is 0 Å². The lowest BCUT2D eigenvalue weighted by atomic mass is 10.1. The highest BCUT2D eigenvalue weighted by Gasteiger charge is 2.37. The minimum absolute atomic E-state index is 0.0265. The standard InChI is InChI=1S/C26H18Cl3N3O7/c1-38-21-10-13(8-17-24(35)31-26(37)32(25(17)36)15-3-5-16(33)6-4-15)9-20(29)23(21)39-12-22(34)30-14-2-7-18(27)19(28)11-14/h2-11,33H,12H2,1H3,(H,30,34)(H,31,35,37)/b17-8-. The van der Waals surface area contributed by atoms with Crippen molar-refractivity contribution in [1.82, 2.24) is 5.32 Å². The number of imide groups is 2. The highest BCUT2D eigenvalue weighted by atomic mass is 35.5. The van der Waals surface area contributed by atoms with Crippen molar-refractivity contribution in [2.45, 2.75) is 0 Å². The van der Waals surface area contributed by atoms with Gasteiger partial charge in [-0.05, 0) is 66.2 Å². The summed E-state index contributed by atoms with van der Waals surface area (Å²) in [7, 11) is 1.34. The second-order valence-corrected chi connectivity index (χ2v) is 9.20. The first-order valence-electron chi connectivity index (χ1n) is 11.0. The fraction of sp³-hybridized carbons (Fsp3) is 0.0769. The zero-order valence-electron chi connectivity index (χ0n) is 20.0. The molecule has 0 bridgehead atoms. The zero-order chi connectivity index (χ0) is 28.3. The molecular formula is C26H18Cl3N3O7. The van der Waals surface area contributed by atoms with E-state index < -0.39 is 30.4 Å². The number of phenolic OH excluding ortho intramolecular Hbond substituents is 1. The lowest BCUT2D eigenvalue weighted by molar-refractivity contribution is -0.122. The van der Waals surface area contributed by atoms with Gasteiger partial charge in [0.15, 0.2) is 18.1 Å². The van der Waals surface area contributed by atoms with Crippen LogP contribution in [0.1, 0.15) is 5.56 Å². The summed E-state index contributed by atoms with van der Waals surface area (Å²) >= 11 is 18.2. The number of methoxy groups -OCH3 is 1. The van der Waals surface area contributed by atoms with E-state index in [4.69, 9.17) is 44.3 Å². The molecule has 1 aliphatic heterocycles. The number of anilines is 2. The van der Waals surface area contributed by atoms with Crippen molar-refractivity contribution < 1.29 is 33.8 Å². The topological polar surface area (TPSA) is 134 Å². The monoisotopic (exact) mass is 589 g/mol. The van der Waals surface area contributed by atoms with Gasteiger partial charge in [0.05, 0.1) is 27.9 Å². The molecule has 3 aromatic carbocycles. The Morgan fingerprint density at radius 2 is 1.72 bits per heavy atom. The van der Waals surface area contributed by atoms with Crippen LogP contribution in [0.2, 0.25) is 15.1 Å². The van der Waals surface area contributed by atoms with Crippen LogP contribution in [-0.4, -0.2) is 42.6 Å². The van der Waals surface area contributed by atoms with Gasteiger partial charge in [0.25, 0.3) is 17.7 Å². The number of carbonyl (C=O) groups is 4. The lowest BCUT2D eigenvalue weighted by Gasteiger charge is -2.26. The van der Waals surface area contributed by atoms with E-state index in [1.54, 1.807) is 6.07 Å². The van der Waals surface area contributed by atoms with E-state index in [1.807, 2.05) is 0 Å². The Bertz CT molecular complexity index is 1520. The fourth-order valence-corrected chi connectivity index (χ4v) is 4.10. The molecule has 1 heterocycles. The van der Waals surface area contributed by atoms with Gasteiger partial charge < -0.3 is 19.9 Å². The summed E-state index contributed by atoms with van der Waals surface area (Å²) in [5.74, 6) is -2.21. The van der Waals surface area contributed by atoms with Crippen LogP contribution in [0.4, 0.5) is 16.2 Å². The third kappa shape index (κ3) is 6.26. The van der Waals surface area contributed by atoms with Gasteiger partial charge in [-0.15, -0.1) is 0 Å². The van der Waals surface area contributed by atoms with Crippen LogP contribution in [0.15, 0.2) is 60.2 Å². The van der Waals surface area contributed by atoms with E-state index in [1.165, 1.54) is 61.7 Å². The average molecular weight is 591 g/mol. The van der Waals surface area contributed by atoms with Gasteiger partial charge in [-0.1, -0.05) is 34.8 Å². The second kappa shape index (κ2) is 11.6. The predicted octanol–water partition coefficient (Wildman–Crippen LogP) is 5.04. The number of hydrogen-bond donors (Lipinski definition) is 3. The number of benzene rings is 3. The van der Waals surface area contributed by atoms with Crippen LogP contribution in [-0.2, 0) is 14.4 Å². The molecule has 39 heavy (non-hydrogen) atoms. The van der Waals surface area contributed by atoms with Crippen molar-refractivity contribution in [2.24, 2.45) is 0 Å². The molecule has 1 saturated heterocycles. The molecule has 4 rings (SSSR count). The Labute approximate surface area is 236 Å². The molecule has 0 saturated carbocycles. The first-order valence-corrected chi connectivity index (χ1v) is 12.2.